The molecule has 2 rings (SSSR count). The molecule has 5 heteroatoms. The van der Waals surface area contributed by atoms with Crippen molar-refractivity contribution in [2.75, 3.05) is 5.32 Å². The molecule has 104 valence electrons. The fraction of sp³-hybridized carbons (Fsp3) is 0.200. The van der Waals surface area contributed by atoms with Crippen molar-refractivity contribution < 1.29 is 4.39 Å². The van der Waals surface area contributed by atoms with Gasteiger partial charge in [0.25, 0.3) is 0 Å². The number of rotatable bonds is 5. The van der Waals surface area contributed by atoms with Crippen LogP contribution in [0.5, 0.6) is 0 Å². The molecule has 3 nitrogen and oxygen atoms in total. The van der Waals surface area contributed by atoms with Crippen LogP contribution >= 0.6 is 12.2 Å². The Hall–Kier alpha value is -2.01. The Morgan fingerprint density at radius 3 is 2.85 bits per heavy atom. The first-order chi connectivity index (χ1) is 9.61. The number of hydrogen-bond acceptors (Lipinski definition) is 3. The molecule has 0 saturated heterocycles. The molecule has 0 amide bonds. The summed E-state index contributed by atoms with van der Waals surface area (Å²) in [6.45, 7) is 2.63. The lowest BCUT2D eigenvalue weighted by Gasteiger charge is -2.10. The molecular formula is C15H16FN3S. The van der Waals surface area contributed by atoms with Gasteiger partial charge in [-0.1, -0.05) is 25.2 Å². The summed E-state index contributed by atoms with van der Waals surface area (Å²) in [6.07, 6.45) is 2.67. The van der Waals surface area contributed by atoms with Crippen molar-refractivity contribution in [3.63, 3.8) is 0 Å². The lowest BCUT2D eigenvalue weighted by atomic mass is 10.1. The summed E-state index contributed by atoms with van der Waals surface area (Å²) in [6, 6.07) is 8.69. The summed E-state index contributed by atoms with van der Waals surface area (Å²) in [5.41, 5.74) is 8.51. The molecule has 0 atom stereocenters. The summed E-state index contributed by atoms with van der Waals surface area (Å²) in [5, 5.41) is 3.16. The molecule has 0 radical (unpaired) electrons. The van der Waals surface area contributed by atoms with E-state index in [4.69, 9.17) is 18.0 Å². The summed E-state index contributed by atoms with van der Waals surface area (Å²) in [5.74, 6) is -0.417. The van der Waals surface area contributed by atoms with E-state index >= 15 is 0 Å². The van der Waals surface area contributed by atoms with E-state index in [1.807, 2.05) is 12.1 Å². The van der Waals surface area contributed by atoms with Crippen LogP contribution in [0.3, 0.4) is 0 Å². The smallest absolute Gasteiger partial charge is 0.135 e. The average Bonchev–Trinajstić information content (AvgIpc) is 2.45. The number of pyridine rings is 1. The molecule has 0 aliphatic carbocycles. The van der Waals surface area contributed by atoms with Crippen molar-refractivity contribution in [2.24, 2.45) is 5.73 Å². The van der Waals surface area contributed by atoms with Gasteiger partial charge in [-0.3, -0.25) is 4.98 Å². The topological polar surface area (TPSA) is 50.9 Å². The Morgan fingerprint density at radius 2 is 2.20 bits per heavy atom. The number of anilines is 1. The van der Waals surface area contributed by atoms with Gasteiger partial charge in [-0.05, 0) is 36.2 Å². The zero-order chi connectivity index (χ0) is 14.5. The van der Waals surface area contributed by atoms with Crippen molar-refractivity contribution in [1.29, 1.82) is 0 Å². The molecular weight excluding hydrogens is 273 g/mol. The first kappa shape index (κ1) is 14.4. The number of benzene rings is 1. The van der Waals surface area contributed by atoms with Gasteiger partial charge in [0.1, 0.15) is 10.8 Å². The molecule has 0 aliphatic heterocycles. The summed E-state index contributed by atoms with van der Waals surface area (Å²) < 4.78 is 13.7. The van der Waals surface area contributed by atoms with Crippen LogP contribution in [0.2, 0.25) is 0 Å². The molecule has 1 aromatic heterocycles. The van der Waals surface area contributed by atoms with E-state index < -0.39 is 5.82 Å². The number of nitrogens with two attached hydrogens (primary N) is 1. The van der Waals surface area contributed by atoms with E-state index in [2.05, 4.69) is 17.2 Å². The molecule has 0 saturated carbocycles. The van der Waals surface area contributed by atoms with E-state index in [9.17, 15) is 4.39 Å². The minimum absolute atomic E-state index is 0.0621. The van der Waals surface area contributed by atoms with Crippen molar-refractivity contribution in [3.8, 4) is 0 Å². The SMILES string of the molecule is CCc1cccnc1CNc1ccc(C(N)=S)c(F)c1. The third kappa shape index (κ3) is 3.30. The molecule has 3 N–H and O–H groups in total. The summed E-state index contributed by atoms with van der Waals surface area (Å²) in [4.78, 5) is 4.40. The van der Waals surface area contributed by atoms with Gasteiger partial charge < -0.3 is 11.1 Å². The second-order valence-corrected chi connectivity index (χ2v) is 4.82. The van der Waals surface area contributed by atoms with Crippen LogP contribution in [-0.4, -0.2) is 9.97 Å². The molecule has 20 heavy (non-hydrogen) atoms. The Balaban J connectivity index is 2.11. The van der Waals surface area contributed by atoms with Gasteiger partial charge in [0.05, 0.1) is 12.2 Å². The maximum absolute atomic E-state index is 13.7. The summed E-state index contributed by atoms with van der Waals surface area (Å²) in [7, 11) is 0. The van der Waals surface area contributed by atoms with Crippen LogP contribution in [0, 0.1) is 5.82 Å². The maximum atomic E-state index is 13.7. The predicted molar refractivity (Wildman–Crippen MR) is 83.2 cm³/mol. The van der Waals surface area contributed by atoms with Crippen LogP contribution in [-0.2, 0) is 13.0 Å². The largest absolute Gasteiger partial charge is 0.389 e. The van der Waals surface area contributed by atoms with Crippen molar-refractivity contribution >= 4 is 22.9 Å². The second-order valence-electron chi connectivity index (χ2n) is 4.38. The normalized spacial score (nSPS) is 10.3. The number of halogens is 1. The third-order valence-electron chi connectivity index (χ3n) is 3.06. The monoisotopic (exact) mass is 289 g/mol. The molecule has 0 spiro atoms. The highest BCUT2D eigenvalue weighted by molar-refractivity contribution is 7.80. The van der Waals surface area contributed by atoms with Gasteiger partial charge in [-0.2, -0.15) is 0 Å². The van der Waals surface area contributed by atoms with E-state index in [-0.39, 0.29) is 10.6 Å². The molecule has 0 bridgehead atoms. The zero-order valence-corrected chi connectivity index (χ0v) is 12.0. The number of nitrogens with zero attached hydrogens (tertiary/aromatic N) is 1. The minimum Gasteiger partial charge on any atom is -0.389 e. The van der Waals surface area contributed by atoms with Gasteiger partial charge >= 0.3 is 0 Å². The lowest BCUT2D eigenvalue weighted by molar-refractivity contribution is 0.626. The quantitative estimate of drug-likeness (QED) is 0.831. The highest BCUT2D eigenvalue weighted by atomic mass is 32.1. The third-order valence-corrected chi connectivity index (χ3v) is 3.28. The van der Waals surface area contributed by atoms with E-state index in [1.165, 1.54) is 11.6 Å². The molecule has 1 heterocycles. The number of nitrogens with one attached hydrogen (secondary N) is 1. The maximum Gasteiger partial charge on any atom is 0.135 e. The fourth-order valence-corrected chi connectivity index (χ4v) is 2.13. The van der Waals surface area contributed by atoms with Crippen LogP contribution < -0.4 is 11.1 Å². The van der Waals surface area contributed by atoms with Gasteiger partial charge in [-0.25, -0.2) is 4.39 Å². The predicted octanol–water partition coefficient (Wildman–Crippen LogP) is 3.03. The second kappa shape index (κ2) is 6.43. The summed E-state index contributed by atoms with van der Waals surface area (Å²) >= 11 is 4.77. The molecule has 2 aromatic rings. The molecule has 0 unspecified atom stereocenters. The molecule has 0 aliphatic rings. The van der Waals surface area contributed by atoms with Gasteiger partial charge in [0, 0.05) is 17.4 Å². The standard InChI is InChI=1S/C15H16FN3S/c1-2-10-4-3-7-18-14(10)9-19-11-5-6-12(15(17)20)13(16)8-11/h3-8,19H,2,9H2,1H3,(H2,17,20). The van der Waals surface area contributed by atoms with Gasteiger partial charge in [0.15, 0.2) is 0 Å². The number of thiocarbonyl (C=S) groups is 1. The van der Waals surface area contributed by atoms with Crippen LogP contribution in [0.4, 0.5) is 10.1 Å². The van der Waals surface area contributed by atoms with Crippen LogP contribution in [0.1, 0.15) is 23.7 Å². The average molecular weight is 289 g/mol. The minimum atomic E-state index is -0.417. The highest BCUT2D eigenvalue weighted by Gasteiger charge is 2.06. The number of aromatic nitrogens is 1. The van der Waals surface area contributed by atoms with Crippen LogP contribution in [0.25, 0.3) is 0 Å². The van der Waals surface area contributed by atoms with E-state index in [0.29, 0.717) is 12.2 Å². The number of hydrogen-bond donors (Lipinski definition) is 2. The van der Waals surface area contributed by atoms with Crippen molar-refractivity contribution in [3.05, 3.63) is 59.2 Å². The Kier molecular flexibility index (Phi) is 4.63. The lowest BCUT2D eigenvalue weighted by Crippen LogP contribution is -2.12. The highest BCUT2D eigenvalue weighted by Crippen LogP contribution is 2.16. The number of aryl methyl sites for hydroxylation is 1. The molecule has 0 fully saturated rings. The first-order valence-electron chi connectivity index (χ1n) is 6.37. The molecule has 1 aromatic carbocycles. The van der Waals surface area contributed by atoms with Gasteiger partial charge in [0.2, 0.25) is 0 Å². The Bertz CT molecular complexity index is 628. The van der Waals surface area contributed by atoms with Gasteiger partial charge in [-0.15, -0.1) is 0 Å². The zero-order valence-electron chi connectivity index (χ0n) is 11.2. The fourth-order valence-electron chi connectivity index (χ4n) is 1.96. The van der Waals surface area contributed by atoms with Crippen molar-refractivity contribution in [2.45, 2.75) is 19.9 Å². The Labute approximate surface area is 123 Å². The van der Waals surface area contributed by atoms with E-state index in [0.717, 1.165) is 12.1 Å². The van der Waals surface area contributed by atoms with Crippen molar-refractivity contribution in [1.82, 2.24) is 4.98 Å². The van der Waals surface area contributed by atoms with E-state index in [1.54, 1.807) is 18.3 Å². The van der Waals surface area contributed by atoms with Crippen LogP contribution in [0.15, 0.2) is 36.5 Å². The first-order valence-corrected chi connectivity index (χ1v) is 6.78. The Morgan fingerprint density at radius 1 is 1.40 bits per heavy atom.